The molecule has 0 spiro atoms. The monoisotopic (exact) mass is 401 g/mol. The molecule has 0 saturated carbocycles. The van der Waals surface area contributed by atoms with Crippen LogP contribution in [-0.4, -0.2) is 49.1 Å². The SMILES string of the molecule is COCCN(Cc1ccco1)C(=O)c1ccc(N2CCC(C)CC2)c([N+](=O)[O-])c1. The summed E-state index contributed by atoms with van der Waals surface area (Å²) in [6, 6.07) is 8.30. The van der Waals surface area contributed by atoms with Gasteiger partial charge in [-0.15, -0.1) is 0 Å². The first-order valence-electron chi connectivity index (χ1n) is 9.83. The second kappa shape index (κ2) is 9.56. The Balaban J connectivity index is 1.84. The normalized spacial score (nSPS) is 14.8. The molecule has 0 unspecified atom stereocenters. The molecule has 8 nitrogen and oxygen atoms in total. The average Bonchev–Trinajstić information content (AvgIpc) is 3.24. The van der Waals surface area contributed by atoms with Gasteiger partial charge >= 0.3 is 0 Å². The van der Waals surface area contributed by atoms with Crippen molar-refractivity contribution in [3.8, 4) is 0 Å². The maximum absolute atomic E-state index is 13.1. The zero-order valence-corrected chi connectivity index (χ0v) is 16.9. The van der Waals surface area contributed by atoms with Crippen LogP contribution in [0.25, 0.3) is 0 Å². The van der Waals surface area contributed by atoms with Crippen LogP contribution in [0.1, 0.15) is 35.9 Å². The fraction of sp³-hybridized carbons (Fsp3) is 0.476. The van der Waals surface area contributed by atoms with Crippen molar-refractivity contribution in [1.82, 2.24) is 4.90 Å². The Morgan fingerprint density at radius 1 is 1.34 bits per heavy atom. The van der Waals surface area contributed by atoms with E-state index in [9.17, 15) is 14.9 Å². The molecule has 0 atom stereocenters. The zero-order valence-electron chi connectivity index (χ0n) is 16.9. The highest BCUT2D eigenvalue weighted by atomic mass is 16.6. The van der Waals surface area contributed by atoms with Crippen LogP contribution in [0.4, 0.5) is 11.4 Å². The predicted molar refractivity (Wildman–Crippen MR) is 109 cm³/mol. The van der Waals surface area contributed by atoms with Crippen molar-refractivity contribution in [2.75, 3.05) is 38.3 Å². The number of ether oxygens (including phenoxy) is 1. The number of amides is 1. The average molecular weight is 401 g/mol. The number of rotatable bonds is 8. The maximum Gasteiger partial charge on any atom is 0.293 e. The summed E-state index contributed by atoms with van der Waals surface area (Å²) < 4.78 is 10.5. The van der Waals surface area contributed by atoms with E-state index in [1.54, 1.807) is 42.5 Å². The van der Waals surface area contributed by atoms with Crippen molar-refractivity contribution < 1.29 is 18.9 Å². The van der Waals surface area contributed by atoms with Gasteiger partial charge < -0.3 is 19.0 Å². The van der Waals surface area contributed by atoms with Crippen molar-refractivity contribution in [3.05, 3.63) is 58.0 Å². The van der Waals surface area contributed by atoms with Crippen LogP contribution in [-0.2, 0) is 11.3 Å². The number of piperidine rings is 1. The van der Waals surface area contributed by atoms with Gasteiger partial charge in [-0.3, -0.25) is 14.9 Å². The van der Waals surface area contributed by atoms with Gasteiger partial charge in [-0.05, 0) is 43.0 Å². The molecule has 0 bridgehead atoms. The lowest BCUT2D eigenvalue weighted by Gasteiger charge is -2.31. The van der Waals surface area contributed by atoms with E-state index in [0.29, 0.717) is 30.5 Å². The summed E-state index contributed by atoms with van der Waals surface area (Å²) in [4.78, 5) is 28.0. The third kappa shape index (κ3) is 5.14. The molecule has 2 heterocycles. The van der Waals surface area contributed by atoms with E-state index in [0.717, 1.165) is 25.9 Å². The number of hydrogen-bond donors (Lipinski definition) is 0. The third-order valence-electron chi connectivity index (χ3n) is 5.32. The molecule has 3 rings (SSSR count). The highest BCUT2D eigenvalue weighted by Crippen LogP contribution is 2.32. The largest absolute Gasteiger partial charge is 0.467 e. The Kier molecular flexibility index (Phi) is 6.87. The fourth-order valence-corrected chi connectivity index (χ4v) is 3.55. The van der Waals surface area contributed by atoms with Crippen molar-refractivity contribution >= 4 is 17.3 Å². The number of nitro benzene ring substituents is 1. The predicted octanol–water partition coefficient (Wildman–Crippen LogP) is 3.71. The molecule has 1 aromatic heterocycles. The summed E-state index contributed by atoms with van der Waals surface area (Å²) in [6.07, 6.45) is 3.56. The van der Waals surface area contributed by atoms with Gasteiger partial charge in [0.25, 0.3) is 11.6 Å². The molecule has 1 saturated heterocycles. The molecule has 1 aromatic carbocycles. The molecular weight excluding hydrogens is 374 g/mol. The first kappa shape index (κ1) is 20.9. The van der Waals surface area contributed by atoms with E-state index in [4.69, 9.17) is 9.15 Å². The number of hydrogen-bond acceptors (Lipinski definition) is 6. The van der Waals surface area contributed by atoms with Crippen LogP contribution in [0.2, 0.25) is 0 Å². The minimum Gasteiger partial charge on any atom is -0.467 e. The van der Waals surface area contributed by atoms with Crippen LogP contribution in [0.5, 0.6) is 0 Å². The van der Waals surface area contributed by atoms with E-state index in [1.165, 1.54) is 6.07 Å². The van der Waals surface area contributed by atoms with Crippen LogP contribution >= 0.6 is 0 Å². The number of carbonyl (C=O) groups excluding carboxylic acids is 1. The van der Waals surface area contributed by atoms with E-state index < -0.39 is 4.92 Å². The minimum atomic E-state index is -0.407. The summed E-state index contributed by atoms with van der Waals surface area (Å²) in [6.45, 7) is 4.76. The number of carbonyl (C=O) groups is 1. The van der Waals surface area contributed by atoms with Gasteiger partial charge in [0, 0.05) is 38.4 Å². The van der Waals surface area contributed by atoms with Gasteiger partial charge in [-0.25, -0.2) is 0 Å². The van der Waals surface area contributed by atoms with Crippen LogP contribution in [0.3, 0.4) is 0 Å². The Hall–Kier alpha value is -2.87. The van der Waals surface area contributed by atoms with Crippen molar-refractivity contribution in [2.45, 2.75) is 26.3 Å². The van der Waals surface area contributed by atoms with E-state index in [2.05, 4.69) is 6.92 Å². The molecule has 0 N–H and O–H groups in total. The molecule has 156 valence electrons. The number of methoxy groups -OCH3 is 1. The summed E-state index contributed by atoms with van der Waals surface area (Å²) in [5, 5.41) is 11.7. The number of furan rings is 1. The Bertz CT molecular complexity index is 829. The van der Waals surface area contributed by atoms with Crippen molar-refractivity contribution in [3.63, 3.8) is 0 Å². The Morgan fingerprint density at radius 2 is 2.10 bits per heavy atom. The second-order valence-electron chi connectivity index (χ2n) is 7.43. The Labute approximate surface area is 170 Å². The van der Waals surface area contributed by atoms with E-state index in [1.807, 2.05) is 4.90 Å². The highest BCUT2D eigenvalue weighted by Gasteiger charge is 2.26. The lowest BCUT2D eigenvalue weighted by Crippen LogP contribution is -2.34. The van der Waals surface area contributed by atoms with Gasteiger partial charge in [0.1, 0.15) is 11.4 Å². The second-order valence-corrected chi connectivity index (χ2v) is 7.43. The van der Waals surface area contributed by atoms with E-state index >= 15 is 0 Å². The van der Waals surface area contributed by atoms with Gasteiger partial charge in [-0.1, -0.05) is 6.92 Å². The minimum absolute atomic E-state index is 0.0323. The van der Waals surface area contributed by atoms with Gasteiger partial charge in [0.2, 0.25) is 0 Å². The summed E-state index contributed by atoms with van der Waals surface area (Å²) >= 11 is 0. The number of benzene rings is 1. The van der Waals surface area contributed by atoms with Crippen molar-refractivity contribution in [1.29, 1.82) is 0 Å². The first-order valence-corrected chi connectivity index (χ1v) is 9.83. The van der Waals surface area contributed by atoms with Crippen LogP contribution in [0, 0.1) is 16.0 Å². The van der Waals surface area contributed by atoms with Crippen molar-refractivity contribution in [2.24, 2.45) is 5.92 Å². The summed E-state index contributed by atoms with van der Waals surface area (Å²) in [7, 11) is 1.56. The standard InChI is InChI=1S/C21H27N3O5/c1-16-7-9-22(10-8-16)19-6-5-17(14-20(19)24(26)27)21(25)23(11-13-28-2)15-18-4-3-12-29-18/h3-6,12,14,16H,7-11,13,15H2,1-2H3. The maximum atomic E-state index is 13.1. The smallest absolute Gasteiger partial charge is 0.293 e. The van der Waals surface area contributed by atoms with Gasteiger partial charge in [-0.2, -0.15) is 0 Å². The Morgan fingerprint density at radius 3 is 2.72 bits per heavy atom. The van der Waals surface area contributed by atoms with Crippen LogP contribution in [0.15, 0.2) is 41.0 Å². The molecule has 0 radical (unpaired) electrons. The summed E-state index contributed by atoms with van der Waals surface area (Å²) in [5.41, 5.74) is 0.830. The summed E-state index contributed by atoms with van der Waals surface area (Å²) in [5.74, 6) is 0.977. The molecule has 29 heavy (non-hydrogen) atoms. The molecule has 0 aliphatic carbocycles. The van der Waals surface area contributed by atoms with Gasteiger partial charge in [0.15, 0.2) is 0 Å². The third-order valence-corrected chi connectivity index (χ3v) is 5.32. The topological polar surface area (TPSA) is 89.1 Å². The van der Waals surface area contributed by atoms with E-state index in [-0.39, 0.29) is 23.7 Å². The number of nitrogens with zero attached hydrogens (tertiary/aromatic N) is 3. The van der Waals surface area contributed by atoms with Crippen LogP contribution < -0.4 is 4.90 Å². The number of anilines is 1. The molecule has 1 aliphatic rings. The molecule has 8 heteroatoms. The highest BCUT2D eigenvalue weighted by molar-refractivity contribution is 5.95. The molecular formula is C21H27N3O5. The first-order chi connectivity index (χ1) is 14.0. The van der Waals surface area contributed by atoms with Gasteiger partial charge in [0.05, 0.1) is 24.3 Å². The quantitative estimate of drug-likeness (QED) is 0.495. The lowest BCUT2D eigenvalue weighted by atomic mass is 9.98. The lowest BCUT2D eigenvalue weighted by molar-refractivity contribution is -0.384. The fourth-order valence-electron chi connectivity index (χ4n) is 3.55. The molecule has 1 fully saturated rings. The molecule has 1 amide bonds. The number of nitro groups is 1. The zero-order chi connectivity index (χ0) is 20.8. The molecule has 1 aliphatic heterocycles. The molecule has 2 aromatic rings.